The van der Waals surface area contributed by atoms with Gasteiger partial charge < -0.3 is 15.5 Å². The molecular weight excluding hydrogens is 404 g/mol. The molecule has 0 spiro atoms. The maximum absolute atomic E-state index is 13.5. The standard InChI is InChI=1S/C25H34N4O3/c1-17(30)26-21-2-4-22(5-3-21)27-23(31)16-28-6-8-29(9-7-28)24(32)25-13-18-10-19(14-25)12-20(11-18)15-25/h2-5,18-20H,6-16H2,1H3,(H,26,30)(H,27,31). The number of nitrogens with zero attached hydrogens (tertiary/aromatic N) is 2. The van der Waals surface area contributed by atoms with E-state index in [-0.39, 0.29) is 17.2 Å². The van der Waals surface area contributed by atoms with Crippen LogP contribution in [-0.2, 0) is 14.4 Å². The van der Waals surface area contributed by atoms with Crippen LogP contribution in [0.5, 0.6) is 0 Å². The third kappa shape index (κ3) is 4.40. The van der Waals surface area contributed by atoms with Crippen LogP contribution in [0.15, 0.2) is 24.3 Å². The summed E-state index contributed by atoms with van der Waals surface area (Å²) in [5.74, 6) is 2.56. The van der Waals surface area contributed by atoms with Crippen LogP contribution in [0, 0.1) is 23.2 Å². The van der Waals surface area contributed by atoms with Crippen LogP contribution in [0.4, 0.5) is 11.4 Å². The molecule has 4 bridgehead atoms. The average Bonchev–Trinajstić information content (AvgIpc) is 2.74. The molecular formula is C25H34N4O3. The number of carbonyl (C=O) groups excluding carboxylic acids is 3. The van der Waals surface area contributed by atoms with Gasteiger partial charge in [-0.1, -0.05) is 0 Å². The van der Waals surface area contributed by atoms with Gasteiger partial charge in [-0.05, 0) is 80.5 Å². The molecule has 3 amide bonds. The summed E-state index contributed by atoms with van der Waals surface area (Å²) in [6.45, 7) is 4.72. The molecule has 1 aromatic carbocycles. The molecule has 172 valence electrons. The third-order valence-corrected chi connectivity index (χ3v) is 8.01. The Balaban J connectivity index is 1.10. The van der Waals surface area contributed by atoms with Crippen LogP contribution in [0.3, 0.4) is 0 Å². The van der Waals surface area contributed by atoms with Gasteiger partial charge in [-0.25, -0.2) is 0 Å². The Labute approximate surface area is 189 Å². The number of hydrogen-bond acceptors (Lipinski definition) is 4. The van der Waals surface area contributed by atoms with Crippen molar-refractivity contribution in [1.29, 1.82) is 0 Å². The van der Waals surface area contributed by atoms with E-state index in [2.05, 4.69) is 20.4 Å². The molecule has 0 atom stereocenters. The summed E-state index contributed by atoms with van der Waals surface area (Å²) in [7, 11) is 0. The second kappa shape index (κ2) is 8.50. The number of hydrogen-bond donors (Lipinski definition) is 2. The summed E-state index contributed by atoms with van der Waals surface area (Å²) in [4.78, 5) is 41.3. The van der Waals surface area contributed by atoms with E-state index in [4.69, 9.17) is 0 Å². The fourth-order valence-corrected chi connectivity index (χ4v) is 7.06. The normalized spacial score (nSPS) is 31.4. The van der Waals surface area contributed by atoms with Gasteiger partial charge >= 0.3 is 0 Å². The fourth-order valence-electron chi connectivity index (χ4n) is 7.06. The molecule has 4 saturated carbocycles. The summed E-state index contributed by atoms with van der Waals surface area (Å²) < 4.78 is 0. The van der Waals surface area contributed by atoms with Crippen molar-refractivity contribution in [2.24, 2.45) is 23.2 Å². The van der Waals surface area contributed by atoms with Crippen molar-refractivity contribution in [3.8, 4) is 0 Å². The lowest BCUT2D eigenvalue weighted by Gasteiger charge is -2.57. The number of nitrogens with one attached hydrogen (secondary N) is 2. The van der Waals surface area contributed by atoms with E-state index < -0.39 is 0 Å². The van der Waals surface area contributed by atoms with Gasteiger partial charge in [-0.2, -0.15) is 0 Å². The van der Waals surface area contributed by atoms with Crippen molar-refractivity contribution >= 4 is 29.1 Å². The summed E-state index contributed by atoms with van der Waals surface area (Å²) >= 11 is 0. The number of carbonyl (C=O) groups is 3. The van der Waals surface area contributed by atoms with Gasteiger partial charge in [0.15, 0.2) is 0 Å². The SMILES string of the molecule is CC(=O)Nc1ccc(NC(=O)CN2CCN(C(=O)C34CC5CC(CC(C5)C3)C4)CC2)cc1. The van der Waals surface area contributed by atoms with Crippen molar-refractivity contribution < 1.29 is 14.4 Å². The highest BCUT2D eigenvalue weighted by Gasteiger charge is 2.55. The average molecular weight is 439 g/mol. The Kier molecular flexibility index (Phi) is 5.70. The number of benzene rings is 1. The molecule has 5 fully saturated rings. The molecule has 32 heavy (non-hydrogen) atoms. The minimum Gasteiger partial charge on any atom is -0.340 e. The smallest absolute Gasteiger partial charge is 0.238 e. The van der Waals surface area contributed by atoms with Crippen LogP contribution in [-0.4, -0.2) is 60.2 Å². The van der Waals surface area contributed by atoms with Crippen LogP contribution in [0.25, 0.3) is 0 Å². The summed E-state index contributed by atoms with van der Waals surface area (Å²) in [6, 6.07) is 7.11. The van der Waals surface area contributed by atoms with E-state index in [1.165, 1.54) is 26.2 Å². The Morgan fingerprint density at radius 2 is 1.34 bits per heavy atom. The van der Waals surface area contributed by atoms with Crippen LogP contribution >= 0.6 is 0 Å². The second-order valence-electron chi connectivity index (χ2n) is 10.6. The maximum atomic E-state index is 13.5. The van der Waals surface area contributed by atoms with Crippen LogP contribution < -0.4 is 10.6 Å². The zero-order valence-corrected chi connectivity index (χ0v) is 18.9. The van der Waals surface area contributed by atoms with Gasteiger partial charge in [0, 0.05) is 44.5 Å². The van der Waals surface area contributed by atoms with Crippen LogP contribution in [0.1, 0.15) is 45.4 Å². The van der Waals surface area contributed by atoms with E-state index in [9.17, 15) is 14.4 Å². The van der Waals surface area contributed by atoms with Crippen LogP contribution in [0.2, 0.25) is 0 Å². The fraction of sp³-hybridized carbons (Fsp3) is 0.640. The Bertz CT molecular complexity index is 854. The van der Waals surface area contributed by atoms with Crippen molar-refractivity contribution in [3.63, 3.8) is 0 Å². The number of amides is 3. The summed E-state index contributed by atoms with van der Waals surface area (Å²) in [5.41, 5.74) is 1.34. The van der Waals surface area contributed by atoms with Gasteiger partial charge in [-0.3, -0.25) is 19.3 Å². The highest BCUT2D eigenvalue weighted by molar-refractivity contribution is 5.93. The molecule has 2 N–H and O–H groups in total. The minimum atomic E-state index is -0.123. The topological polar surface area (TPSA) is 81.8 Å². The van der Waals surface area contributed by atoms with E-state index in [0.717, 1.165) is 63.2 Å². The maximum Gasteiger partial charge on any atom is 0.238 e. The molecule has 4 aliphatic carbocycles. The van der Waals surface area contributed by atoms with E-state index >= 15 is 0 Å². The highest BCUT2D eigenvalue weighted by Crippen LogP contribution is 2.60. The summed E-state index contributed by atoms with van der Waals surface area (Å²) in [6.07, 6.45) is 7.39. The van der Waals surface area contributed by atoms with Crippen molar-refractivity contribution in [2.75, 3.05) is 43.4 Å². The van der Waals surface area contributed by atoms with Crippen molar-refractivity contribution in [3.05, 3.63) is 24.3 Å². The van der Waals surface area contributed by atoms with E-state index in [1.807, 2.05) is 0 Å². The molecule has 6 rings (SSSR count). The first kappa shape index (κ1) is 21.4. The minimum absolute atomic E-state index is 0.0573. The molecule has 1 aromatic rings. The monoisotopic (exact) mass is 438 g/mol. The van der Waals surface area contributed by atoms with E-state index in [1.54, 1.807) is 24.3 Å². The first-order valence-electron chi connectivity index (χ1n) is 12.1. The number of rotatable bonds is 5. The molecule has 1 heterocycles. The second-order valence-corrected chi connectivity index (χ2v) is 10.6. The molecule has 1 saturated heterocycles. The predicted octanol–water partition coefficient (Wildman–Crippen LogP) is 2.94. The highest BCUT2D eigenvalue weighted by atomic mass is 16.2. The quantitative estimate of drug-likeness (QED) is 0.741. The lowest BCUT2D eigenvalue weighted by atomic mass is 9.49. The predicted molar refractivity (Wildman–Crippen MR) is 123 cm³/mol. The van der Waals surface area contributed by atoms with Gasteiger partial charge in [0.05, 0.1) is 12.0 Å². The van der Waals surface area contributed by atoms with Gasteiger partial charge in [-0.15, -0.1) is 0 Å². The van der Waals surface area contributed by atoms with E-state index in [0.29, 0.717) is 23.8 Å². The Hall–Kier alpha value is -2.41. The number of anilines is 2. The molecule has 7 heteroatoms. The van der Waals surface area contributed by atoms with Crippen molar-refractivity contribution in [2.45, 2.75) is 45.4 Å². The van der Waals surface area contributed by atoms with Gasteiger partial charge in [0.2, 0.25) is 17.7 Å². The molecule has 5 aliphatic rings. The Morgan fingerprint density at radius 3 is 1.84 bits per heavy atom. The molecule has 7 nitrogen and oxygen atoms in total. The van der Waals surface area contributed by atoms with Gasteiger partial charge in [0.1, 0.15) is 0 Å². The zero-order valence-electron chi connectivity index (χ0n) is 18.9. The first-order chi connectivity index (χ1) is 15.4. The summed E-state index contributed by atoms with van der Waals surface area (Å²) in [5, 5.41) is 5.63. The largest absolute Gasteiger partial charge is 0.340 e. The van der Waals surface area contributed by atoms with Crippen molar-refractivity contribution in [1.82, 2.24) is 9.80 Å². The third-order valence-electron chi connectivity index (χ3n) is 8.01. The Morgan fingerprint density at radius 1 is 0.844 bits per heavy atom. The lowest BCUT2D eigenvalue weighted by Crippen LogP contribution is -2.58. The van der Waals surface area contributed by atoms with Gasteiger partial charge in [0.25, 0.3) is 0 Å². The first-order valence-corrected chi connectivity index (χ1v) is 12.1. The molecule has 0 radical (unpaired) electrons. The zero-order chi connectivity index (χ0) is 22.3. The molecule has 0 unspecified atom stereocenters. The lowest BCUT2D eigenvalue weighted by molar-refractivity contribution is -0.159. The number of piperazine rings is 1. The molecule has 0 aromatic heterocycles. The molecule has 1 aliphatic heterocycles.